The summed E-state index contributed by atoms with van der Waals surface area (Å²) in [6.07, 6.45) is 3.84. The van der Waals surface area contributed by atoms with Gasteiger partial charge in [0.2, 0.25) is 0 Å². The largest absolute Gasteiger partial charge is 0.393 e. The van der Waals surface area contributed by atoms with Crippen molar-refractivity contribution in [3.05, 3.63) is 0 Å². The van der Waals surface area contributed by atoms with Gasteiger partial charge >= 0.3 is 0 Å². The first-order valence-electron chi connectivity index (χ1n) is 14.4. The summed E-state index contributed by atoms with van der Waals surface area (Å²) in [6, 6.07) is 0. The molecule has 14 atom stereocenters. The number of hydrogen-bond acceptors (Lipinski definition) is 6. The van der Waals surface area contributed by atoms with Gasteiger partial charge in [0.1, 0.15) is 0 Å². The molecule has 0 aromatic carbocycles. The van der Waals surface area contributed by atoms with E-state index in [2.05, 4.69) is 27.7 Å². The van der Waals surface area contributed by atoms with E-state index in [0.717, 1.165) is 38.5 Å². The monoisotopic (exact) mass is 494 g/mol. The van der Waals surface area contributed by atoms with Crippen molar-refractivity contribution in [1.29, 1.82) is 0 Å². The van der Waals surface area contributed by atoms with E-state index < -0.39 is 35.6 Å². The van der Waals surface area contributed by atoms with E-state index >= 15 is 0 Å². The van der Waals surface area contributed by atoms with Gasteiger partial charge in [-0.05, 0) is 85.4 Å². The summed E-state index contributed by atoms with van der Waals surface area (Å²) in [5, 5.41) is 55.2. The lowest BCUT2D eigenvalue weighted by Gasteiger charge is -2.66. The zero-order valence-electron chi connectivity index (χ0n) is 22.4. The lowest BCUT2D eigenvalue weighted by Crippen LogP contribution is -2.70. The maximum absolute atomic E-state index is 11.7. The predicted molar refractivity (Wildman–Crippen MR) is 133 cm³/mol. The van der Waals surface area contributed by atoms with E-state index in [9.17, 15) is 25.5 Å². The van der Waals surface area contributed by atoms with Crippen LogP contribution in [0.2, 0.25) is 0 Å². The smallest absolute Gasteiger partial charge is 0.155 e. The van der Waals surface area contributed by atoms with Crippen LogP contribution in [0.3, 0.4) is 0 Å². The van der Waals surface area contributed by atoms with Crippen LogP contribution in [0.5, 0.6) is 0 Å². The number of rotatable bonds is 3. The van der Waals surface area contributed by atoms with Crippen molar-refractivity contribution >= 4 is 0 Å². The van der Waals surface area contributed by atoms with E-state index in [1.165, 1.54) is 0 Å². The third-order valence-electron chi connectivity index (χ3n) is 12.5. The standard InChI is InChI=1S/C29H50O6/c1-15(2)17-10-23(35-25(33)11-17)16(3)19-6-7-20-26-21(8-9-27(19,20)4)28(5)24(32)12-18(30)13-29(28,34)14-22(26)31/h15-26,30-34H,6-14H2,1-5H3/t16-,17-,18?,19+,20-,21-,22?,23?,24?,25?,26-,27+,28-,29?/m0/s1. The Morgan fingerprint density at radius 1 is 0.857 bits per heavy atom. The van der Waals surface area contributed by atoms with Gasteiger partial charge in [0.15, 0.2) is 6.29 Å². The summed E-state index contributed by atoms with van der Waals surface area (Å²) in [7, 11) is 0. The molecule has 1 saturated heterocycles. The van der Waals surface area contributed by atoms with Crippen LogP contribution in [0.15, 0.2) is 0 Å². The normalized spacial score (nSPS) is 57.3. The van der Waals surface area contributed by atoms with Crippen LogP contribution in [0.1, 0.15) is 92.4 Å². The first-order valence-corrected chi connectivity index (χ1v) is 14.4. The van der Waals surface area contributed by atoms with E-state index in [-0.39, 0.29) is 36.2 Å². The Balaban J connectivity index is 1.40. The van der Waals surface area contributed by atoms with Crippen LogP contribution < -0.4 is 0 Å². The Morgan fingerprint density at radius 2 is 1.57 bits per heavy atom. The van der Waals surface area contributed by atoms with Gasteiger partial charge < -0.3 is 30.3 Å². The second-order valence-corrected chi connectivity index (χ2v) is 14.2. The van der Waals surface area contributed by atoms with Gasteiger partial charge in [0.05, 0.1) is 30.0 Å². The second kappa shape index (κ2) is 8.91. The molecular formula is C29H50O6. The van der Waals surface area contributed by atoms with Gasteiger partial charge in [-0.25, -0.2) is 0 Å². The second-order valence-electron chi connectivity index (χ2n) is 14.2. The number of hydrogen-bond donors (Lipinski definition) is 5. The van der Waals surface area contributed by atoms with Gasteiger partial charge in [-0.2, -0.15) is 0 Å². The van der Waals surface area contributed by atoms with Gasteiger partial charge in [-0.3, -0.25) is 0 Å². The average Bonchev–Trinajstić information content (AvgIpc) is 3.11. The Bertz CT molecular complexity index is 789. The molecule has 6 nitrogen and oxygen atoms in total. The van der Waals surface area contributed by atoms with Crippen molar-refractivity contribution in [3.63, 3.8) is 0 Å². The molecule has 5 fully saturated rings. The van der Waals surface area contributed by atoms with Gasteiger partial charge in [0.25, 0.3) is 0 Å². The SMILES string of the molecule is CC(C)[C@@H]1CC(O)OC([C@@H](C)[C@H]2CC[C@H]3[C@@H]4C(O)CC5(O)CC(O)CC(O)[C@]5(C)[C@H]4CC[C@]23C)C1. The summed E-state index contributed by atoms with van der Waals surface area (Å²) in [4.78, 5) is 0. The van der Waals surface area contributed by atoms with Crippen molar-refractivity contribution < 1.29 is 30.3 Å². The molecule has 1 aliphatic heterocycles. The predicted octanol–water partition coefficient (Wildman–Crippen LogP) is 3.47. The molecule has 6 unspecified atom stereocenters. The first kappa shape index (κ1) is 26.4. The van der Waals surface area contributed by atoms with Gasteiger partial charge in [-0.1, -0.05) is 34.6 Å². The lowest BCUT2D eigenvalue weighted by molar-refractivity contribution is -0.281. The molecule has 1 heterocycles. The minimum absolute atomic E-state index is 0.0453. The lowest BCUT2D eigenvalue weighted by atomic mass is 9.41. The zero-order chi connectivity index (χ0) is 25.5. The molecule has 0 amide bonds. The fraction of sp³-hybridized carbons (Fsp3) is 1.00. The number of aliphatic hydroxyl groups is 5. The maximum atomic E-state index is 11.7. The molecule has 5 aliphatic rings. The molecule has 35 heavy (non-hydrogen) atoms. The van der Waals surface area contributed by atoms with E-state index in [1.807, 2.05) is 6.92 Å². The molecule has 4 aliphatic carbocycles. The maximum Gasteiger partial charge on any atom is 0.155 e. The zero-order valence-corrected chi connectivity index (χ0v) is 22.4. The molecule has 0 bridgehead atoms. The topological polar surface area (TPSA) is 110 Å². The van der Waals surface area contributed by atoms with Crippen LogP contribution in [-0.2, 0) is 4.74 Å². The number of fused-ring (bicyclic) bond motifs is 5. The summed E-state index contributed by atoms with van der Waals surface area (Å²) >= 11 is 0. The quantitative estimate of drug-likeness (QED) is 0.411. The van der Waals surface area contributed by atoms with Crippen molar-refractivity contribution in [2.45, 2.75) is 129 Å². The fourth-order valence-electron chi connectivity index (χ4n) is 10.3. The van der Waals surface area contributed by atoms with Crippen LogP contribution in [0.4, 0.5) is 0 Å². The summed E-state index contributed by atoms with van der Waals surface area (Å²) in [6.45, 7) is 11.2. The minimum atomic E-state index is -1.23. The van der Waals surface area contributed by atoms with Crippen LogP contribution >= 0.6 is 0 Å². The molecule has 6 heteroatoms. The highest BCUT2D eigenvalue weighted by Gasteiger charge is 2.69. The van der Waals surface area contributed by atoms with E-state index in [1.54, 1.807) is 0 Å². The van der Waals surface area contributed by atoms with Crippen molar-refractivity contribution in [1.82, 2.24) is 0 Å². The fourth-order valence-corrected chi connectivity index (χ4v) is 10.3. The number of aliphatic hydroxyl groups excluding tert-OH is 4. The van der Waals surface area contributed by atoms with Gasteiger partial charge in [-0.15, -0.1) is 0 Å². The molecule has 0 aromatic rings. The summed E-state index contributed by atoms with van der Waals surface area (Å²) in [5.41, 5.74) is -1.87. The Labute approximate surface area is 211 Å². The molecule has 0 aromatic heterocycles. The minimum Gasteiger partial charge on any atom is -0.393 e. The molecule has 4 saturated carbocycles. The highest BCUT2D eigenvalue weighted by Crippen LogP contribution is 2.69. The average molecular weight is 495 g/mol. The third-order valence-corrected chi connectivity index (χ3v) is 12.5. The van der Waals surface area contributed by atoms with E-state index in [0.29, 0.717) is 36.0 Å². The van der Waals surface area contributed by atoms with E-state index in [4.69, 9.17) is 4.74 Å². The molecule has 202 valence electrons. The summed E-state index contributed by atoms with van der Waals surface area (Å²) < 4.78 is 6.13. The first-order chi connectivity index (χ1) is 16.3. The Kier molecular flexibility index (Phi) is 6.71. The van der Waals surface area contributed by atoms with Crippen LogP contribution in [0.25, 0.3) is 0 Å². The van der Waals surface area contributed by atoms with Crippen LogP contribution in [0, 0.1) is 52.3 Å². The highest BCUT2D eigenvalue weighted by atomic mass is 16.6. The van der Waals surface area contributed by atoms with Crippen molar-refractivity contribution in [3.8, 4) is 0 Å². The molecule has 0 radical (unpaired) electrons. The molecule has 0 spiro atoms. The third kappa shape index (κ3) is 3.87. The van der Waals surface area contributed by atoms with Crippen molar-refractivity contribution in [2.75, 3.05) is 0 Å². The van der Waals surface area contributed by atoms with Crippen molar-refractivity contribution in [2.24, 2.45) is 52.3 Å². The Hall–Kier alpha value is -0.240. The van der Waals surface area contributed by atoms with Crippen LogP contribution in [-0.4, -0.2) is 61.8 Å². The summed E-state index contributed by atoms with van der Waals surface area (Å²) in [5.74, 6) is 2.26. The highest BCUT2D eigenvalue weighted by molar-refractivity contribution is 5.19. The number of ether oxygens (including phenoxy) is 1. The molecular weight excluding hydrogens is 444 g/mol. The molecule has 5 N–H and O–H groups in total. The Morgan fingerprint density at radius 3 is 2.26 bits per heavy atom. The molecule has 5 rings (SSSR count). The van der Waals surface area contributed by atoms with Gasteiger partial charge in [0, 0.05) is 24.7 Å².